The second-order valence-corrected chi connectivity index (χ2v) is 7.03. The zero-order valence-corrected chi connectivity index (χ0v) is 10.9. The van der Waals surface area contributed by atoms with E-state index >= 15 is 0 Å². The van der Waals surface area contributed by atoms with Crippen molar-refractivity contribution in [1.82, 2.24) is 15.0 Å². The predicted molar refractivity (Wildman–Crippen MR) is 63.2 cm³/mol. The minimum Gasteiger partial charge on any atom is -0.355 e. The van der Waals surface area contributed by atoms with E-state index in [2.05, 4.69) is 15.0 Å². The molecular weight excluding hydrogens is 262 g/mol. The van der Waals surface area contributed by atoms with Gasteiger partial charge in [0.25, 0.3) is 10.0 Å². The largest absolute Gasteiger partial charge is 0.355 e. The van der Waals surface area contributed by atoms with Crippen molar-refractivity contribution in [3.63, 3.8) is 0 Å². The van der Waals surface area contributed by atoms with Crippen LogP contribution in [0.15, 0.2) is 10.4 Å². The van der Waals surface area contributed by atoms with Crippen molar-refractivity contribution in [2.24, 2.45) is 0 Å². The molecule has 0 aromatic carbocycles. The SMILES string of the molecule is Cc1ncc(S(=O)(=O)NC2CCC(=O)NC2)s1. The molecule has 2 heterocycles. The molecule has 2 N–H and O–H groups in total. The molecule has 8 heteroatoms. The monoisotopic (exact) mass is 275 g/mol. The van der Waals surface area contributed by atoms with Crippen LogP contribution in [0.1, 0.15) is 17.8 Å². The number of hydrogen-bond donors (Lipinski definition) is 2. The number of nitrogens with one attached hydrogen (secondary N) is 2. The lowest BCUT2D eigenvalue weighted by atomic mass is 10.1. The van der Waals surface area contributed by atoms with Crippen molar-refractivity contribution >= 4 is 27.3 Å². The maximum absolute atomic E-state index is 11.9. The second kappa shape index (κ2) is 4.71. The van der Waals surface area contributed by atoms with Crippen LogP contribution in [0.25, 0.3) is 0 Å². The van der Waals surface area contributed by atoms with Crippen molar-refractivity contribution in [3.05, 3.63) is 11.2 Å². The summed E-state index contributed by atoms with van der Waals surface area (Å²) in [4.78, 5) is 14.9. The molecule has 1 aliphatic rings. The number of aryl methyl sites for hydroxylation is 1. The molecule has 0 radical (unpaired) electrons. The normalized spacial score (nSPS) is 21.2. The topological polar surface area (TPSA) is 88.2 Å². The highest BCUT2D eigenvalue weighted by Gasteiger charge is 2.25. The van der Waals surface area contributed by atoms with E-state index in [0.29, 0.717) is 24.4 Å². The first-order valence-corrected chi connectivity index (χ1v) is 7.49. The molecule has 1 saturated heterocycles. The highest BCUT2D eigenvalue weighted by molar-refractivity contribution is 7.91. The molecule has 1 aliphatic heterocycles. The number of rotatable bonds is 3. The highest BCUT2D eigenvalue weighted by Crippen LogP contribution is 2.18. The van der Waals surface area contributed by atoms with Gasteiger partial charge in [-0.05, 0) is 13.3 Å². The van der Waals surface area contributed by atoms with Gasteiger partial charge in [-0.2, -0.15) is 0 Å². The van der Waals surface area contributed by atoms with Crippen LogP contribution in [0.2, 0.25) is 0 Å². The van der Waals surface area contributed by atoms with Gasteiger partial charge in [0.05, 0.1) is 11.2 Å². The zero-order chi connectivity index (χ0) is 12.5. The standard InChI is InChI=1S/C9H13N3O3S2/c1-6-10-5-9(16-6)17(14,15)12-7-2-3-8(13)11-4-7/h5,7,12H,2-4H2,1H3,(H,11,13). The lowest BCUT2D eigenvalue weighted by Gasteiger charge is -2.22. The van der Waals surface area contributed by atoms with E-state index in [-0.39, 0.29) is 16.2 Å². The molecule has 0 saturated carbocycles. The van der Waals surface area contributed by atoms with Crippen LogP contribution in [0.4, 0.5) is 0 Å². The zero-order valence-electron chi connectivity index (χ0n) is 9.26. The van der Waals surface area contributed by atoms with Gasteiger partial charge in [0.2, 0.25) is 5.91 Å². The minimum absolute atomic E-state index is 0.0333. The molecule has 1 atom stereocenters. The van der Waals surface area contributed by atoms with Gasteiger partial charge in [0, 0.05) is 19.0 Å². The predicted octanol–water partition coefficient (Wildman–Crippen LogP) is 0.00842. The van der Waals surface area contributed by atoms with Crippen molar-refractivity contribution in [2.45, 2.75) is 30.0 Å². The molecule has 0 spiro atoms. The van der Waals surface area contributed by atoms with Gasteiger partial charge < -0.3 is 5.32 Å². The molecule has 0 aliphatic carbocycles. The Kier molecular flexibility index (Phi) is 3.45. The quantitative estimate of drug-likeness (QED) is 0.813. The third-order valence-electron chi connectivity index (χ3n) is 2.45. The molecule has 0 bridgehead atoms. The summed E-state index contributed by atoms with van der Waals surface area (Å²) in [6, 6.07) is -0.236. The lowest BCUT2D eigenvalue weighted by molar-refractivity contribution is -0.122. The Bertz CT molecular complexity index is 513. The van der Waals surface area contributed by atoms with Crippen LogP contribution in [0, 0.1) is 6.92 Å². The van der Waals surface area contributed by atoms with Crippen LogP contribution in [0.3, 0.4) is 0 Å². The summed E-state index contributed by atoms with van der Waals surface area (Å²) in [6.07, 6.45) is 2.24. The van der Waals surface area contributed by atoms with Gasteiger partial charge in [-0.1, -0.05) is 0 Å². The Morgan fingerprint density at radius 2 is 2.35 bits per heavy atom. The number of piperidine rings is 1. The summed E-state index contributed by atoms with van der Waals surface area (Å²) in [7, 11) is -3.50. The molecule has 1 aromatic heterocycles. The molecule has 1 unspecified atom stereocenters. The Balaban J connectivity index is 2.05. The fraction of sp³-hybridized carbons (Fsp3) is 0.556. The fourth-order valence-electron chi connectivity index (χ4n) is 1.58. The van der Waals surface area contributed by atoms with E-state index in [0.717, 1.165) is 11.3 Å². The smallest absolute Gasteiger partial charge is 0.251 e. The van der Waals surface area contributed by atoms with Crippen LogP contribution in [0.5, 0.6) is 0 Å². The van der Waals surface area contributed by atoms with Crippen LogP contribution in [-0.4, -0.2) is 31.9 Å². The molecule has 6 nitrogen and oxygen atoms in total. The summed E-state index contributed by atoms with van der Waals surface area (Å²) in [5.74, 6) is -0.0333. The third-order valence-corrected chi connectivity index (χ3v) is 5.35. The average molecular weight is 275 g/mol. The first kappa shape index (κ1) is 12.5. The van der Waals surface area contributed by atoms with Gasteiger partial charge >= 0.3 is 0 Å². The first-order chi connectivity index (χ1) is 7.97. The van der Waals surface area contributed by atoms with E-state index in [4.69, 9.17) is 0 Å². The second-order valence-electron chi connectivity index (χ2n) is 3.86. The summed E-state index contributed by atoms with van der Waals surface area (Å²) < 4.78 is 26.7. The number of carbonyl (C=O) groups is 1. The number of thiazole rings is 1. The molecule has 2 rings (SSSR count). The van der Waals surface area contributed by atoms with E-state index in [1.165, 1.54) is 6.20 Å². The van der Waals surface area contributed by atoms with Gasteiger partial charge in [-0.15, -0.1) is 11.3 Å². The number of amides is 1. The average Bonchev–Trinajstić information content (AvgIpc) is 2.69. The number of nitrogens with zero attached hydrogens (tertiary/aromatic N) is 1. The van der Waals surface area contributed by atoms with Gasteiger partial charge in [-0.25, -0.2) is 18.1 Å². The third kappa shape index (κ3) is 3.02. The van der Waals surface area contributed by atoms with Crippen LogP contribution in [-0.2, 0) is 14.8 Å². The Labute approximate surface area is 103 Å². The van der Waals surface area contributed by atoms with Gasteiger partial charge in [0.1, 0.15) is 0 Å². The maximum atomic E-state index is 11.9. The van der Waals surface area contributed by atoms with Crippen molar-refractivity contribution in [1.29, 1.82) is 0 Å². The Morgan fingerprint density at radius 1 is 1.59 bits per heavy atom. The molecule has 17 heavy (non-hydrogen) atoms. The van der Waals surface area contributed by atoms with Gasteiger partial charge in [-0.3, -0.25) is 4.79 Å². The first-order valence-electron chi connectivity index (χ1n) is 5.19. The number of hydrogen-bond acceptors (Lipinski definition) is 5. The maximum Gasteiger partial charge on any atom is 0.251 e. The molecule has 1 amide bonds. The molecule has 94 valence electrons. The highest BCUT2D eigenvalue weighted by atomic mass is 32.2. The van der Waals surface area contributed by atoms with Crippen molar-refractivity contribution < 1.29 is 13.2 Å². The van der Waals surface area contributed by atoms with Crippen molar-refractivity contribution in [3.8, 4) is 0 Å². The van der Waals surface area contributed by atoms with E-state index in [9.17, 15) is 13.2 Å². The van der Waals surface area contributed by atoms with Gasteiger partial charge in [0.15, 0.2) is 4.21 Å². The Hall–Kier alpha value is -0.990. The van der Waals surface area contributed by atoms with E-state index in [1.807, 2.05) is 0 Å². The molecule has 1 aromatic rings. The van der Waals surface area contributed by atoms with E-state index in [1.54, 1.807) is 6.92 Å². The number of sulfonamides is 1. The van der Waals surface area contributed by atoms with E-state index < -0.39 is 10.0 Å². The van der Waals surface area contributed by atoms with Crippen LogP contribution >= 0.6 is 11.3 Å². The summed E-state index contributed by atoms with van der Waals surface area (Å²) in [5, 5.41) is 3.34. The number of aromatic nitrogens is 1. The summed E-state index contributed by atoms with van der Waals surface area (Å²) in [6.45, 7) is 2.10. The summed E-state index contributed by atoms with van der Waals surface area (Å²) in [5.41, 5.74) is 0. The molecular formula is C9H13N3O3S2. The molecule has 1 fully saturated rings. The summed E-state index contributed by atoms with van der Waals surface area (Å²) >= 11 is 1.13. The Morgan fingerprint density at radius 3 is 2.88 bits per heavy atom. The van der Waals surface area contributed by atoms with Crippen molar-refractivity contribution in [2.75, 3.05) is 6.54 Å². The van der Waals surface area contributed by atoms with Crippen LogP contribution < -0.4 is 10.0 Å². The number of carbonyl (C=O) groups excluding carboxylic acids is 1. The fourth-order valence-corrected chi connectivity index (χ4v) is 3.97. The minimum atomic E-state index is -3.50. The lowest BCUT2D eigenvalue weighted by Crippen LogP contribution is -2.47.